The quantitative estimate of drug-likeness (QED) is 0.705. The summed E-state index contributed by atoms with van der Waals surface area (Å²) in [5.41, 5.74) is -0.168. The molecule has 7 nitrogen and oxygen atoms in total. The zero-order chi connectivity index (χ0) is 22.8. The maximum atomic E-state index is 13.2. The number of sulfonamides is 1. The Bertz CT molecular complexity index is 1090. The van der Waals surface area contributed by atoms with Crippen LogP contribution < -0.4 is 5.32 Å². The first-order valence-electron chi connectivity index (χ1n) is 9.52. The maximum absolute atomic E-state index is 13.2. The first-order valence-corrected chi connectivity index (χ1v) is 11.7. The van der Waals surface area contributed by atoms with E-state index < -0.39 is 33.2 Å². The van der Waals surface area contributed by atoms with E-state index in [0.29, 0.717) is 16.1 Å². The van der Waals surface area contributed by atoms with E-state index in [9.17, 15) is 22.4 Å². The predicted molar refractivity (Wildman–Crippen MR) is 115 cm³/mol. The van der Waals surface area contributed by atoms with E-state index >= 15 is 0 Å². The van der Waals surface area contributed by atoms with Crippen molar-refractivity contribution >= 4 is 33.4 Å². The van der Waals surface area contributed by atoms with Crippen molar-refractivity contribution in [1.29, 1.82) is 0 Å². The van der Waals surface area contributed by atoms with Gasteiger partial charge in [0.1, 0.15) is 11.4 Å². The molecule has 0 spiro atoms. The number of piperazine rings is 1. The summed E-state index contributed by atoms with van der Waals surface area (Å²) >= 11 is 6.24. The lowest BCUT2D eigenvalue weighted by Crippen LogP contribution is -2.69. The molecule has 0 radical (unpaired) electrons. The van der Waals surface area contributed by atoms with Gasteiger partial charge in [-0.15, -0.1) is 0 Å². The molecule has 0 bridgehead atoms. The highest BCUT2D eigenvalue weighted by Crippen LogP contribution is 2.28. The molecule has 166 valence electrons. The summed E-state index contributed by atoms with van der Waals surface area (Å²) in [6, 6.07) is 12.6. The van der Waals surface area contributed by atoms with Crippen molar-refractivity contribution < 1.29 is 22.4 Å². The van der Waals surface area contributed by atoms with Crippen LogP contribution in [0.15, 0.2) is 48.5 Å². The van der Waals surface area contributed by atoms with Crippen LogP contribution >= 0.6 is 11.6 Å². The maximum Gasteiger partial charge on any atom is 0.247 e. The van der Waals surface area contributed by atoms with Crippen LogP contribution in [-0.4, -0.2) is 54.3 Å². The molecule has 31 heavy (non-hydrogen) atoms. The lowest BCUT2D eigenvalue weighted by atomic mass is 9.94. The van der Waals surface area contributed by atoms with Gasteiger partial charge in [-0.3, -0.25) is 9.59 Å². The molecule has 2 aromatic carbocycles. The zero-order valence-corrected chi connectivity index (χ0v) is 18.7. The van der Waals surface area contributed by atoms with Crippen LogP contribution in [0.1, 0.15) is 18.1 Å². The van der Waals surface area contributed by atoms with Crippen LogP contribution in [0.4, 0.5) is 4.39 Å². The Morgan fingerprint density at radius 1 is 1.19 bits per heavy atom. The molecule has 1 aliphatic rings. The van der Waals surface area contributed by atoms with Gasteiger partial charge in [0, 0.05) is 24.7 Å². The molecule has 1 N–H and O–H groups in total. The fourth-order valence-corrected chi connectivity index (χ4v) is 4.49. The molecule has 0 aromatic heterocycles. The molecule has 0 aliphatic carbocycles. The van der Waals surface area contributed by atoms with Crippen LogP contribution in [0.25, 0.3) is 0 Å². The summed E-state index contributed by atoms with van der Waals surface area (Å²) in [6.45, 7) is 1.12. The Morgan fingerprint density at radius 2 is 1.84 bits per heavy atom. The molecule has 1 fully saturated rings. The Balaban J connectivity index is 1.89. The predicted octanol–water partition coefficient (Wildman–Crippen LogP) is 2.16. The zero-order valence-electron chi connectivity index (χ0n) is 17.1. The van der Waals surface area contributed by atoms with Gasteiger partial charge in [-0.2, -0.15) is 4.31 Å². The van der Waals surface area contributed by atoms with Crippen molar-refractivity contribution in [3.05, 3.63) is 70.5 Å². The molecule has 1 saturated heterocycles. The van der Waals surface area contributed by atoms with Crippen molar-refractivity contribution in [1.82, 2.24) is 14.5 Å². The average Bonchev–Trinajstić information content (AvgIpc) is 2.70. The van der Waals surface area contributed by atoms with E-state index in [1.807, 2.05) is 0 Å². The number of carbonyl (C=O) groups excluding carboxylic acids is 2. The first kappa shape index (κ1) is 23.2. The van der Waals surface area contributed by atoms with Gasteiger partial charge < -0.3 is 10.2 Å². The van der Waals surface area contributed by atoms with Crippen molar-refractivity contribution in [2.24, 2.45) is 0 Å². The molecule has 1 aliphatic heterocycles. The monoisotopic (exact) mass is 467 g/mol. The summed E-state index contributed by atoms with van der Waals surface area (Å²) < 4.78 is 38.4. The van der Waals surface area contributed by atoms with Gasteiger partial charge >= 0.3 is 0 Å². The molecule has 2 aromatic rings. The first-order chi connectivity index (χ1) is 14.5. The van der Waals surface area contributed by atoms with Gasteiger partial charge in [-0.1, -0.05) is 41.9 Å². The van der Waals surface area contributed by atoms with Crippen molar-refractivity contribution in [3.8, 4) is 0 Å². The number of halogens is 2. The average molecular weight is 468 g/mol. The highest BCUT2D eigenvalue weighted by Gasteiger charge is 2.49. The molecule has 1 unspecified atom stereocenters. The van der Waals surface area contributed by atoms with E-state index in [4.69, 9.17) is 11.6 Å². The van der Waals surface area contributed by atoms with Crippen LogP contribution in [0.2, 0.25) is 5.02 Å². The SMILES string of the molecule is CC1(C(=O)NCc2ccc(F)cc2)CN(S(C)(=O)=O)CC(=O)N1Cc1ccccc1Cl. The van der Waals surface area contributed by atoms with Crippen LogP contribution in [-0.2, 0) is 32.7 Å². The second kappa shape index (κ2) is 8.94. The fourth-order valence-electron chi connectivity index (χ4n) is 3.46. The van der Waals surface area contributed by atoms with Crippen molar-refractivity contribution in [2.45, 2.75) is 25.6 Å². The highest BCUT2D eigenvalue weighted by molar-refractivity contribution is 7.88. The van der Waals surface area contributed by atoms with E-state index in [-0.39, 0.29) is 26.2 Å². The third-order valence-corrected chi connectivity index (χ3v) is 6.87. The second-order valence-corrected chi connectivity index (χ2v) is 10.1. The molecule has 1 atom stereocenters. The van der Waals surface area contributed by atoms with Gasteiger partial charge in [0.05, 0.1) is 12.8 Å². The summed E-state index contributed by atoms with van der Waals surface area (Å²) in [4.78, 5) is 27.5. The third kappa shape index (κ3) is 5.23. The Kier molecular flexibility index (Phi) is 6.68. The second-order valence-electron chi connectivity index (χ2n) is 7.69. The fraction of sp³-hybridized carbons (Fsp3) is 0.333. The summed E-state index contributed by atoms with van der Waals surface area (Å²) in [5.74, 6) is -1.42. The summed E-state index contributed by atoms with van der Waals surface area (Å²) in [6.07, 6.45) is 1.00. The summed E-state index contributed by atoms with van der Waals surface area (Å²) in [5, 5.41) is 3.18. The summed E-state index contributed by atoms with van der Waals surface area (Å²) in [7, 11) is -3.70. The van der Waals surface area contributed by atoms with Gasteiger partial charge in [-0.05, 0) is 36.2 Å². The number of amides is 2. The van der Waals surface area contributed by atoms with Gasteiger partial charge in [0.2, 0.25) is 21.8 Å². The number of hydrogen-bond donors (Lipinski definition) is 1. The van der Waals surface area contributed by atoms with Crippen molar-refractivity contribution in [3.63, 3.8) is 0 Å². The molecular weight excluding hydrogens is 445 g/mol. The van der Waals surface area contributed by atoms with Crippen molar-refractivity contribution in [2.75, 3.05) is 19.3 Å². The van der Waals surface area contributed by atoms with Gasteiger partial charge in [0.25, 0.3) is 0 Å². The van der Waals surface area contributed by atoms with Crippen LogP contribution in [0.3, 0.4) is 0 Å². The lowest BCUT2D eigenvalue weighted by Gasteiger charge is -2.46. The Labute approximate surface area is 185 Å². The van der Waals surface area contributed by atoms with E-state index in [1.165, 1.54) is 36.1 Å². The van der Waals surface area contributed by atoms with E-state index in [2.05, 4.69) is 5.32 Å². The lowest BCUT2D eigenvalue weighted by molar-refractivity contribution is -0.153. The molecule has 3 rings (SSSR count). The van der Waals surface area contributed by atoms with E-state index in [0.717, 1.165) is 10.6 Å². The molecule has 0 saturated carbocycles. The normalized spacial score (nSPS) is 20.0. The molecular formula is C21H23ClFN3O4S. The number of rotatable bonds is 6. The molecule has 2 amide bonds. The van der Waals surface area contributed by atoms with Crippen LogP contribution in [0, 0.1) is 5.82 Å². The largest absolute Gasteiger partial charge is 0.350 e. The minimum atomic E-state index is -3.70. The standard InChI is InChI=1S/C21H23ClFN3O4S/c1-21(20(28)24-11-15-7-9-17(23)10-8-15)14-25(31(2,29)30)13-19(27)26(21)12-16-5-3-4-6-18(16)22/h3-10H,11-14H2,1-2H3,(H,24,28). The number of benzene rings is 2. The van der Waals surface area contributed by atoms with Gasteiger partial charge in [0.15, 0.2) is 0 Å². The topological polar surface area (TPSA) is 86.8 Å². The Morgan fingerprint density at radius 3 is 2.45 bits per heavy atom. The number of hydrogen-bond acceptors (Lipinski definition) is 4. The highest BCUT2D eigenvalue weighted by atomic mass is 35.5. The number of nitrogens with one attached hydrogen (secondary N) is 1. The third-order valence-electron chi connectivity index (χ3n) is 5.30. The minimum Gasteiger partial charge on any atom is -0.350 e. The number of nitrogens with zero attached hydrogens (tertiary/aromatic N) is 2. The Hall–Kier alpha value is -2.49. The van der Waals surface area contributed by atoms with Crippen LogP contribution in [0.5, 0.6) is 0 Å². The van der Waals surface area contributed by atoms with E-state index in [1.54, 1.807) is 24.3 Å². The smallest absolute Gasteiger partial charge is 0.247 e. The molecule has 1 heterocycles. The van der Waals surface area contributed by atoms with Gasteiger partial charge in [-0.25, -0.2) is 12.8 Å². The number of carbonyl (C=O) groups is 2. The minimum absolute atomic E-state index is 0.0522. The molecule has 10 heteroatoms.